The fourth-order valence-electron chi connectivity index (χ4n) is 3.03. The Morgan fingerprint density at radius 2 is 0.917 bits per heavy atom. The third-order valence-electron chi connectivity index (χ3n) is 4.67. The highest BCUT2D eigenvalue weighted by atomic mass is 14.2. The SMILES string of the molecule is Cc1ccc(C#CC2CCC(C#Cc3ccc(C)cc3)CC2)cc1. The van der Waals surface area contributed by atoms with Crippen molar-refractivity contribution in [3.05, 3.63) is 70.8 Å². The highest BCUT2D eigenvalue weighted by Crippen LogP contribution is 2.28. The van der Waals surface area contributed by atoms with Gasteiger partial charge in [0.1, 0.15) is 0 Å². The van der Waals surface area contributed by atoms with Gasteiger partial charge in [0.25, 0.3) is 0 Å². The molecule has 120 valence electrons. The van der Waals surface area contributed by atoms with Crippen LogP contribution in [0.5, 0.6) is 0 Å². The summed E-state index contributed by atoms with van der Waals surface area (Å²) in [6.07, 6.45) is 4.69. The summed E-state index contributed by atoms with van der Waals surface area (Å²) in [5, 5.41) is 0. The van der Waals surface area contributed by atoms with Gasteiger partial charge in [-0.2, -0.15) is 0 Å². The van der Waals surface area contributed by atoms with Gasteiger partial charge in [0.15, 0.2) is 0 Å². The van der Waals surface area contributed by atoms with Gasteiger partial charge in [0, 0.05) is 23.0 Å². The summed E-state index contributed by atoms with van der Waals surface area (Å²) in [4.78, 5) is 0. The number of rotatable bonds is 0. The highest BCUT2D eigenvalue weighted by Gasteiger charge is 2.18. The van der Waals surface area contributed by atoms with E-state index in [0.29, 0.717) is 11.8 Å². The highest BCUT2D eigenvalue weighted by molar-refractivity contribution is 5.37. The van der Waals surface area contributed by atoms with Gasteiger partial charge in [-0.3, -0.25) is 0 Å². The Hall–Kier alpha value is -2.44. The van der Waals surface area contributed by atoms with Crippen molar-refractivity contribution >= 4 is 0 Å². The van der Waals surface area contributed by atoms with Gasteiger partial charge in [-0.05, 0) is 63.8 Å². The Morgan fingerprint density at radius 3 is 1.25 bits per heavy atom. The third-order valence-corrected chi connectivity index (χ3v) is 4.67. The molecular formula is C24H24. The summed E-state index contributed by atoms with van der Waals surface area (Å²) < 4.78 is 0. The van der Waals surface area contributed by atoms with Crippen molar-refractivity contribution in [2.75, 3.05) is 0 Å². The second-order valence-electron chi connectivity index (χ2n) is 6.82. The number of hydrogen-bond donors (Lipinski definition) is 0. The molecule has 1 aliphatic carbocycles. The molecule has 0 saturated heterocycles. The topological polar surface area (TPSA) is 0 Å². The van der Waals surface area contributed by atoms with Gasteiger partial charge in [0.05, 0.1) is 0 Å². The molecule has 24 heavy (non-hydrogen) atoms. The number of hydrogen-bond acceptors (Lipinski definition) is 0. The smallest absolute Gasteiger partial charge is 0.0245 e. The largest absolute Gasteiger partial charge is 0.0945 e. The molecule has 3 rings (SSSR count). The normalized spacial score (nSPS) is 19.6. The van der Waals surface area contributed by atoms with E-state index in [0.717, 1.165) is 11.1 Å². The summed E-state index contributed by atoms with van der Waals surface area (Å²) in [6, 6.07) is 17.0. The summed E-state index contributed by atoms with van der Waals surface area (Å²) in [5.41, 5.74) is 4.82. The number of benzene rings is 2. The van der Waals surface area contributed by atoms with Crippen LogP contribution in [0.4, 0.5) is 0 Å². The zero-order chi connectivity index (χ0) is 16.8. The van der Waals surface area contributed by atoms with Crippen LogP contribution in [0.1, 0.15) is 47.9 Å². The molecule has 1 saturated carbocycles. The van der Waals surface area contributed by atoms with Crippen LogP contribution in [0.25, 0.3) is 0 Å². The molecule has 0 spiro atoms. The minimum Gasteiger partial charge on any atom is -0.0945 e. The molecule has 0 unspecified atom stereocenters. The molecule has 0 N–H and O–H groups in total. The Labute approximate surface area is 146 Å². The average Bonchev–Trinajstić information content (AvgIpc) is 2.62. The van der Waals surface area contributed by atoms with Crippen LogP contribution in [-0.4, -0.2) is 0 Å². The van der Waals surface area contributed by atoms with E-state index in [1.807, 2.05) is 0 Å². The maximum absolute atomic E-state index is 3.46. The fraction of sp³-hybridized carbons (Fsp3) is 0.333. The van der Waals surface area contributed by atoms with Crippen molar-refractivity contribution in [3.8, 4) is 23.7 Å². The first-order valence-electron chi connectivity index (χ1n) is 8.85. The standard InChI is InChI=1S/C24H24/c1-19-3-7-21(8-4-19)11-13-23-15-17-24(18-16-23)14-12-22-9-5-20(2)6-10-22/h3-10,23-24H,15-18H2,1-2H3. The van der Waals surface area contributed by atoms with Gasteiger partial charge >= 0.3 is 0 Å². The monoisotopic (exact) mass is 312 g/mol. The molecule has 0 radical (unpaired) electrons. The molecule has 0 aromatic heterocycles. The van der Waals surface area contributed by atoms with Crippen molar-refractivity contribution < 1.29 is 0 Å². The molecule has 0 amide bonds. The minimum absolute atomic E-state index is 0.531. The maximum Gasteiger partial charge on any atom is 0.0245 e. The van der Waals surface area contributed by atoms with Gasteiger partial charge in [-0.25, -0.2) is 0 Å². The predicted octanol–water partition coefficient (Wildman–Crippen LogP) is 5.51. The van der Waals surface area contributed by atoms with Gasteiger partial charge in [-0.15, -0.1) is 0 Å². The van der Waals surface area contributed by atoms with E-state index >= 15 is 0 Å². The molecule has 2 aromatic carbocycles. The van der Waals surface area contributed by atoms with E-state index < -0.39 is 0 Å². The van der Waals surface area contributed by atoms with E-state index in [4.69, 9.17) is 0 Å². The molecule has 2 aromatic rings. The van der Waals surface area contributed by atoms with E-state index in [9.17, 15) is 0 Å². The first-order valence-corrected chi connectivity index (χ1v) is 8.85. The van der Waals surface area contributed by atoms with E-state index in [1.54, 1.807) is 0 Å². The third kappa shape index (κ3) is 4.78. The van der Waals surface area contributed by atoms with Crippen LogP contribution in [0.2, 0.25) is 0 Å². The maximum atomic E-state index is 3.46. The van der Waals surface area contributed by atoms with Crippen LogP contribution in [-0.2, 0) is 0 Å². The Balaban J connectivity index is 1.53. The Morgan fingerprint density at radius 1 is 0.583 bits per heavy atom. The van der Waals surface area contributed by atoms with Crippen LogP contribution < -0.4 is 0 Å². The molecule has 0 heterocycles. The number of aryl methyl sites for hydroxylation is 2. The van der Waals surface area contributed by atoms with Crippen molar-refractivity contribution in [2.24, 2.45) is 11.8 Å². The molecular weight excluding hydrogens is 288 g/mol. The predicted molar refractivity (Wildman–Crippen MR) is 102 cm³/mol. The minimum atomic E-state index is 0.531. The average molecular weight is 312 g/mol. The van der Waals surface area contributed by atoms with Gasteiger partial charge in [-0.1, -0.05) is 59.1 Å². The molecule has 0 atom stereocenters. The van der Waals surface area contributed by atoms with E-state index in [-0.39, 0.29) is 0 Å². The van der Waals surface area contributed by atoms with Crippen molar-refractivity contribution in [2.45, 2.75) is 39.5 Å². The molecule has 0 aliphatic heterocycles. The second kappa shape index (κ2) is 7.90. The zero-order valence-electron chi connectivity index (χ0n) is 14.6. The van der Waals surface area contributed by atoms with E-state index in [1.165, 1.54) is 36.8 Å². The molecule has 0 nitrogen and oxygen atoms in total. The lowest BCUT2D eigenvalue weighted by Crippen LogP contribution is -2.11. The summed E-state index contributed by atoms with van der Waals surface area (Å²) in [6.45, 7) is 4.21. The quantitative estimate of drug-likeness (QED) is 0.562. The summed E-state index contributed by atoms with van der Waals surface area (Å²) in [5.74, 6) is 14.6. The van der Waals surface area contributed by atoms with Crippen molar-refractivity contribution in [3.63, 3.8) is 0 Å². The van der Waals surface area contributed by atoms with Crippen LogP contribution in [0.15, 0.2) is 48.5 Å². The summed E-state index contributed by atoms with van der Waals surface area (Å²) >= 11 is 0. The lowest BCUT2D eigenvalue weighted by atomic mass is 9.82. The molecule has 1 aliphatic rings. The van der Waals surface area contributed by atoms with Crippen LogP contribution in [0, 0.1) is 49.4 Å². The second-order valence-corrected chi connectivity index (χ2v) is 6.82. The first kappa shape index (κ1) is 16.4. The molecule has 1 fully saturated rings. The van der Waals surface area contributed by atoms with E-state index in [2.05, 4.69) is 86.1 Å². The molecule has 0 bridgehead atoms. The van der Waals surface area contributed by atoms with Crippen LogP contribution in [0.3, 0.4) is 0 Å². The van der Waals surface area contributed by atoms with Crippen LogP contribution >= 0.6 is 0 Å². The fourth-order valence-corrected chi connectivity index (χ4v) is 3.03. The van der Waals surface area contributed by atoms with Crippen molar-refractivity contribution in [1.29, 1.82) is 0 Å². The lowest BCUT2D eigenvalue weighted by Gasteiger charge is -2.21. The first-order chi connectivity index (χ1) is 11.7. The van der Waals surface area contributed by atoms with Gasteiger partial charge < -0.3 is 0 Å². The zero-order valence-corrected chi connectivity index (χ0v) is 14.6. The Bertz CT molecular complexity index is 706. The molecule has 0 heteroatoms. The lowest BCUT2D eigenvalue weighted by molar-refractivity contribution is 0.373. The summed E-state index contributed by atoms with van der Waals surface area (Å²) in [7, 11) is 0. The van der Waals surface area contributed by atoms with Crippen molar-refractivity contribution in [1.82, 2.24) is 0 Å². The van der Waals surface area contributed by atoms with Gasteiger partial charge in [0.2, 0.25) is 0 Å². The Kier molecular flexibility index (Phi) is 5.40.